The van der Waals surface area contributed by atoms with E-state index in [-0.39, 0.29) is 12.8 Å². The SMILES string of the molecule is C#CC[C@@H](NC(=O)[C@H](Cc1ccccc1)N(C)C(=O)CNC(=O)[C@H](N)CCCCNN=[N+]=[N-])C(=O)O. The number of nitrogens with zero attached hydrogens (tertiary/aromatic N) is 4. The Hall–Kier alpha value is -4.27. The van der Waals surface area contributed by atoms with Gasteiger partial charge >= 0.3 is 5.97 Å². The molecular weight excluding hydrogens is 468 g/mol. The molecule has 0 aliphatic rings. The van der Waals surface area contributed by atoms with Crippen molar-refractivity contribution in [2.45, 2.75) is 50.2 Å². The highest BCUT2D eigenvalue weighted by Crippen LogP contribution is 2.10. The Morgan fingerprint density at radius 1 is 1.22 bits per heavy atom. The van der Waals surface area contributed by atoms with E-state index < -0.39 is 48.4 Å². The molecule has 36 heavy (non-hydrogen) atoms. The van der Waals surface area contributed by atoms with Crippen molar-refractivity contribution >= 4 is 23.7 Å². The first kappa shape index (κ1) is 29.8. The molecule has 0 saturated heterocycles. The van der Waals surface area contributed by atoms with Crippen LogP contribution in [0.25, 0.3) is 10.4 Å². The number of carboxylic acid groups (broad SMARTS) is 1. The van der Waals surface area contributed by atoms with Crippen LogP contribution in [0.15, 0.2) is 35.6 Å². The maximum Gasteiger partial charge on any atom is 0.327 e. The molecule has 0 bridgehead atoms. The Bertz CT molecular complexity index is 974. The smallest absolute Gasteiger partial charge is 0.327 e. The fraction of sp³-hybridized carbons (Fsp3) is 0.478. The highest BCUT2D eigenvalue weighted by molar-refractivity contribution is 5.92. The molecule has 0 heterocycles. The van der Waals surface area contributed by atoms with Crippen LogP contribution >= 0.6 is 0 Å². The van der Waals surface area contributed by atoms with Gasteiger partial charge in [-0.05, 0) is 30.0 Å². The second-order valence-electron chi connectivity index (χ2n) is 7.94. The lowest BCUT2D eigenvalue weighted by molar-refractivity contribution is -0.144. The summed E-state index contributed by atoms with van der Waals surface area (Å²) in [5.74, 6) is -0.851. The molecule has 13 nitrogen and oxygen atoms in total. The first-order chi connectivity index (χ1) is 17.2. The monoisotopic (exact) mass is 500 g/mol. The first-order valence-corrected chi connectivity index (χ1v) is 11.3. The standard InChI is InChI=1S/C23H32N8O5/c1-3-9-18(23(35)36)28-22(34)19(14-16-10-5-4-6-11-16)31(2)20(32)15-26-21(33)17(24)12-7-8-13-27-30-29-25/h1,4-6,10-11,17-19,27H,7-9,12-15,24H2,2H3,(H,26,33)(H,28,34)(H,35,36)/t17-,18-,19+/m1/s1. The number of carbonyl (C=O) groups is 4. The summed E-state index contributed by atoms with van der Waals surface area (Å²) >= 11 is 0. The molecule has 0 aliphatic carbocycles. The Morgan fingerprint density at radius 2 is 1.92 bits per heavy atom. The van der Waals surface area contributed by atoms with E-state index in [0.29, 0.717) is 25.8 Å². The van der Waals surface area contributed by atoms with Crippen molar-refractivity contribution in [2.24, 2.45) is 11.0 Å². The number of hydrogen-bond acceptors (Lipinski definition) is 6. The van der Waals surface area contributed by atoms with Crippen LogP contribution < -0.4 is 21.8 Å². The number of unbranched alkanes of at least 4 members (excludes halogenated alkanes) is 1. The van der Waals surface area contributed by atoms with Crippen molar-refractivity contribution in [1.82, 2.24) is 21.0 Å². The van der Waals surface area contributed by atoms with Gasteiger partial charge in [0.1, 0.15) is 12.1 Å². The zero-order valence-electron chi connectivity index (χ0n) is 20.1. The van der Waals surface area contributed by atoms with Crippen LogP contribution in [0, 0.1) is 12.3 Å². The van der Waals surface area contributed by atoms with E-state index in [1.54, 1.807) is 30.3 Å². The number of azide groups is 1. The zero-order valence-corrected chi connectivity index (χ0v) is 20.1. The largest absolute Gasteiger partial charge is 0.480 e. The third-order valence-electron chi connectivity index (χ3n) is 5.29. The van der Waals surface area contributed by atoms with E-state index in [9.17, 15) is 24.3 Å². The van der Waals surface area contributed by atoms with E-state index in [1.165, 1.54) is 7.05 Å². The molecule has 0 aromatic heterocycles. The van der Waals surface area contributed by atoms with E-state index >= 15 is 0 Å². The van der Waals surface area contributed by atoms with Crippen LogP contribution in [-0.4, -0.2) is 72.0 Å². The summed E-state index contributed by atoms with van der Waals surface area (Å²) < 4.78 is 0. The Morgan fingerprint density at radius 3 is 2.53 bits per heavy atom. The molecule has 0 spiro atoms. The van der Waals surface area contributed by atoms with Gasteiger partial charge in [0.15, 0.2) is 0 Å². The summed E-state index contributed by atoms with van der Waals surface area (Å²) in [5.41, 5.74) is 17.3. The number of hydrogen-bond donors (Lipinski definition) is 5. The number of amides is 3. The number of nitrogens with two attached hydrogens (primary N) is 1. The average molecular weight is 501 g/mol. The summed E-state index contributed by atoms with van der Waals surface area (Å²) in [6.45, 7) is 0.0450. The van der Waals surface area contributed by atoms with Crippen LogP contribution in [0.3, 0.4) is 0 Å². The summed E-state index contributed by atoms with van der Waals surface area (Å²) in [5, 5.41) is 17.4. The van der Waals surface area contributed by atoms with Gasteiger partial charge in [-0.3, -0.25) is 19.8 Å². The van der Waals surface area contributed by atoms with Gasteiger partial charge in [0.25, 0.3) is 0 Å². The fourth-order valence-corrected chi connectivity index (χ4v) is 3.20. The number of rotatable bonds is 16. The zero-order chi connectivity index (χ0) is 26.9. The maximum atomic E-state index is 13.0. The third-order valence-corrected chi connectivity index (χ3v) is 5.29. The summed E-state index contributed by atoms with van der Waals surface area (Å²) in [6, 6.07) is 5.72. The van der Waals surface area contributed by atoms with Gasteiger partial charge in [0, 0.05) is 19.9 Å². The second-order valence-corrected chi connectivity index (χ2v) is 7.94. The van der Waals surface area contributed by atoms with Crippen LogP contribution in [0.1, 0.15) is 31.2 Å². The van der Waals surface area contributed by atoms with Gasteiger partial charge in [0.2, 0.25) is 17.7 Å². The molecule has 1 aromatic carbocycles. The van der Waals surface area contributed by atoms with Gasteiger partial charge < -0.3 is 26.4 Å². The third kappa shape index (κ3) is 10.8. The van der Waals surface area contributed by atoms with Crippen molar-refractivity contribution in [2.75, 3.05) is 20.1 Å². The summed E-state index contributed by atoms with van der Waals surface area (Å²) in [4.78, 5) is 53.2. The quantitative estimate of drug-likeness (QED) is 0.0527. The topological polar surface area (TPSA) is 203 Å². The van der Waals surface area contributed by atoms with Gasteiger partial charge in [-0.15, -0.1) is 17.9 Å². The molecule has 3 amide bonds. The molecule has 1 aromatic rings. The van der Waals surface area contributed by atoms with E-state index in [1.807, 2.05) is 0 Å². The van der Waals surface area contributed by atoms with Gasteiger partial charge in [0.05, 0.1) is 19.1 Å². The van der Waals surface area contributed by atoms with Gasteiger partial charge in [-0.2, -0.15) is 4.91 Å². The van der Waals surface area contributed by atoms with Gasteiger partial charge in [-0.1, -0.05) is 30.3 Å². The summed E-state index contributed by atoms with van der Waals surface area (Å²) in [6.07, 6.45) is 6.69. The van der Waals surface area contributed by atoms with Crippen molar-refractivity contribution in [1.29, 1.82) is 0 Å². The van der Waals surface area contributed by atoms with E-state index in [0.717, 1.165) is 10.5 Å². The molecule has 3 atom stereocenters. The second kappa shape index (κ2) is 16.4. The number of terminal acetylenes is 1. The number of benzene rings is 1. The summed E-state index contributed by atoms with van der Waals surface area (Å²) in [7, 11) is 1.40. The Labute approximate surface area is 209 Å². The minimum atomic E-state index is -1.30. The van der Waals surface area contributed by atoms with Crippen molar-refractivity contribution in [3.63, 3.8) is 0 Å². The van der Waals surface area contributed by atoms with Gasteiger partial charge in [-0.25, -0.2) is 4.79 Å². The minimum absolute atomic E-state index is 0.120. The van der Waals surface area contributed by atoms with Crippen LogP contribution in [-0.2, 0) is 25.6 Å². The molecule has 13 heteroatoms. The molecule has 194 valence electrons. The molecular formula is C23H32N8O5. The van der Waals surface area contributed by atoms with Crippen LogP contribution in [0.2, 0.25) is 0 Å². The lowest BCUT2D eigenvalue weighted by Gasteiger charge is -2.29. The number of carboxylic acids is 1. The minimum Gasteiger partial charge on any atom is -0.480 e. The van der Waals surface area contributed by atoms with E-state index in [4.69, 9.17) is 17.7 Å². The lowest BCUT2D eigenvalue weighted by Crippen LogP contribution is -2.55. The number of nitrogens with one attached hydrogen (secondary N) is 3. The Balaban J connectivity index is 2.76. The molecule has 0 fully saturated rings. The van der Waals surface area contributed by atoms with Crippen LogP contribution in [0.5, 0.6) is 0 Å². The number of likely N-dealkylation sites (N-methyl/N-ethyl adjacent to an activating group) is 1. The highest BCUT2D eigenvalue weighted by Gasteiger charge is 2.30. The molecule has 0 unspecified atom stereocenters. The lowest BCUT2D eigenvalue weighted by atomic mass is 10.0. The fourth-order valence-electron chi connectivity index (χ4n) is 3.20. The average Bonchev–Trinajstić information content (AvgIpc) is 2.87. The predicted octanol–water partition coefficient (Wildman–Crippen LogP) is 0.0775. The van der Waals surface area contributed by atoms with E-state index in [2.05, 4.69) is 32.1 Å². The Kier molecular flexibility index (Phi) is 13.5. The predicted molar refractivity (Wildman–Crippen MR) is 132 cm³/mol. The maximum absolute atomic E-state index is 13.0. The number of carbonyl (C=O) groups excluding carboxylic acids is 3. The molecule has 1 rings (SSSR count). The molecule has 0 radical (unpaired) electrons. The molecule has 0 saturated carbocycles. The molecule has 0 aliphatic heterocycles. The van der Waals surface area contributed by atoms with Crippen LogP contribution in [0.4, 0.5) is 0 Å². The first-order valence-electron chi connectivity index (χ1n) is 11.3. The van der Waals surface area contributed by atoms with Crippen molar-refractivity contribution in [3.8, 4) is 12.3 Å². The normalized spacial score (nSPS) is 12.6. The van der Waals surface area contributed by atoms with Crippen molar-refractivity contribution < 1.29 is 24.3 Å². The number of aliphatic carboxylic acids is 1. The molecule has 6 N–H and O–H groups in total. The highest BCUT2D eigenvalue weighted by atomic mass is 16.4. The van der Waals surface area contributed by atoms with Crippen molar-refractivity contribution in [3.05, 3.63) is 46.3 Å².